The molecular formula is C21H26N6O4S. The second-order valence-electron chi connectivity index (χ2n) is 7.74. The average molecular weight is 459 g/mol. The van der Waals surface area contributed by atoms with Crippen LogP contribution in [0, 0.1) is 11.8 Å². The van der Waals surface area contributed by atoms with Crippen LogP contribution in [0.15, 0.2) is 39.0 Å². The maximum Gasteiger partial charge on any atom is 0.333 e. The molecule has 0 aliphatic rings. The lowest BCUT2D eigenvalue weighted by Crippen LogP contribution is -2.38. The van der Waals surface area contributed by atoms with Gasteiger partial charge in [-0.1, -0.05) is 17.9 Å². The van der Waals surface area contributed by atoms with Crippen molar-refractivity contribution in [1.29, 1.82) is 0 Å². The van der Waals surface area contributed by atoms with E-state index in [4.69, 9.17) is 0 Å². The van der Waals surface area contributed by atoms with Crippen molar-refractivity contribution in [2.24, 2.45) is 14.1 Å². The third-order valence-electron chi connectivity index (χ3n) is 4.87. The van der Waals surface area contributed by atoms with E-state index in [1.807, 2.05) is 38.4 Å². The quantitative estimate of drug-likeness (QED) is 0.512. The van der Waals surface area contributed by atoms with E-state index in [-0.39, 0.29) is 22.9 Å². The molecule has 0 fully saturated rings. The minimum atomic E-state index is -3.69. The first-order valence-corrected chi connectivity index (χ1v) is 11.7. The van der Waals surface area contributed by atoms with E-state index in [2.05, 4.69) is 27.0 Å². The molecule has 0 radical (unpaired) electrons. The van der Waals surface area contributed by atoms with Gasteiger partial charge < -0.3 is 14.8 Å². The first kappa shape index (κ1) is 23.3. The third kappa shape index (κ3) is 4.76. The van der Waals surface area contributed by atoms with Crippen LogP contribution in [0.4, 0.5) is 5.69 Å². The maximum absolute atomic E-state index is 12.7. The highest BCUT2D eigenvalue weighted by Gasteiger charge is 2.23. The van der Waals surface area contributed by atoms with Crippen molar-refractivity contribution in [3.63, 3.8) is 0 Å². The highest BCUT2D eigenvalue weighted by atomic mass is 32.2. The Morgan fingerprint density at radius 1 is 1.16 bits per heavy atom. The first-order chi connectivity index (χ1) is 15.0. The molecule has 3 rings (SSSR count). The number of nitrogens with zero attached hydrogens (tertiary/aromatic N) is 5. The third-order valence-corrected chi connectivity index (χ3v) is 5.90. The number of hydrogen-bond acceptors (Lipinski definition) is 7. The van der Waals surface area contributed by atoms with Crippen LogP contribution in [0.5, 0.6) is 0 Å². The number of fused-ring (bicyclic) bond motifs is 1. The van der Waals surface area contributed by atoms with Crippen LogP contribution < -0.4 is 16.6 Å². The van der Waals surface area contributed by atoms with Gasteiger partial charge >= 0.3 is 5.69 Å². The number of imidazole rings is 1. The van der Waals surface area contributed by atoms with Gasteiger partial charge in [0.05, 0.1) is 6.54 Å². The van der Waals surface area contributed by atoms with Gasteiger partial charge in [-0.05, 0) is 32.3 Å². The molecule has 0 aliphatic heterocycles. The van der Waals surface area contributed by atoms with Gasteiger partial charge in [-0.15, -0.1) is 0 Å². The summed E-state index contributed by atoms with van der Waals surface area (Å²) in [5, 5.41) is 3.04. The lowest BCUT2D eigenvalue weighted by molar-refractivity contribution is 0.425. The highest BCUT2D eigenvalue weighted by molar-refractivity contribution is 7.90. The second-order valence-corrected chi connectivity index (χ2v) is 9.65. The normalized spacial score (nSPS) is 11.6. The van der Waals surface area contributed by atoms with Crippen LogP contribution in [0.1, 0.15) is 5.56 Å². The van der Waals surface area contributed by atoms with Crippen molar-refractivity contribution in [2.45, 2.75) is 11.7 Å². The molecule has 170 valence electrons. The molecule has 0 amide bonds. The summed E-state index contributed by atoms with van der Waals surface area (Å²) in [5.74, 6) is 5.94. The van der Waals surface area contributed by atoms with E-state index in [1.165, 1.54) is 23.2 Å². The van der Waals surface area contributed by atoms with Crippen molar-refractivity contribution in [3.05, 3.63) is 50.7 Å². The Balaban J connectivity index is 1.97. The van der Waals surface area contributed by atoms with Crippen molar-refractivity contribution in [1.82, 2.24) is 23.6 Å². The monoisotopic (exact) mass is 458 g/mol. The van der Waals surface area contributed by atoms with E-state index >= 15 is 0 Å². The molecule has 0 unspecified atom stereocenters. The van der Waals surface area contributed by atoms with Crippen molar-refractivity contribution < 1.29 is 8.42 Å². The summed E-state index contributed by atoms with van der Waals surface area (Å²) in [5.41, 5.74) is 0.482. The van der Waals surface area contributed by atoms with Gasteiger partial charge in [0.1, 0.15) is 0 Å². The van der Waals surface area contributed by atoms with Gasteiger partial charge in [-0.25, -0.2) is 13.2 Å². The smallest absolute Gasteiger partial charge is 0.333 e. The number of benzene rings is 1. The molecule has 1 N–H and O–H groups in total. The molecule has 0 bridgehead atoms. The van der Waals surface area contributed by atoms with Crippen molar-refractivity contribution >= 4 is 26.7 Å². The molecular weight excluding hydrogens is 432 g/mol. The number of aryl methyl sites for hydroxylation is 1. The molecule has 0 saturated carbocycles. The molecule has 3 aromatic rings. The Kier molecular flexibility index (Phi) is 6.57. The summed E-state index contributed by atoms with van der Waals surface area (Å²) in [6.45, 7) is 1.63. The molecule has 32 heavy (non-hydrogen) atoms. The van der Waals surface area contributed by atoms with Crippen molar-refractivity contribution in [2.75, 3.05) is 38.8 Å². The maximum atomic E-state index is 12.7. The van der Waals surface area contributed by atoms with Gasteiger partial charge in [-0.2, -0.15) is 4.98 Å². The van der Waals surface area contributed by atoms with Gasteiger partial charge in [0.2, 0.25) is 15.0 Å². The largest absolute Gasteiger partial charge is 0.384 e. The van der Waals surface area contributed by atoms with Gasteiger partial charge in [0.15, 0.2) is 11.2 Å². The zero-order chi connectivity index (χ0) is 23.6. The zero-order valence-corrected chi connectivity index (χ0v) is 19.5. The second kappa shape index (κ2) is 9.02. The summed E-state index contributed by atoms with van der Waals surface area (Å²) >= 11 is 0. The minimum absolute atomic E-state index is 0.00516. The number of rotatable bonds is 6. The average Bonchev–Trinajstić information content (AvgIpc) is 3.06. The van der Waals surface area contributed by atoms with E-state index in [1.54, 1.807) is 0 Å². The SMILES string of the molecule is CN(C)CCNc1cccc(C#CCn2c(=O)n(C)c(=O)c3c2nc(S(C)(=O)=O)n3C)c1. The van der Waals surface area contributed by atoms with Gasteiger partial charge in [0.25, 0.3) is 5.56 Å². The summed E-state index contributed by atoms with van der Waals surface area (Å²) in [6.07, 6.45) is 1.00. The fraction of sp³-hybridized carbons (Fsp3) is 0.381. The zero-order valence-electron chi connectivity index (χ0n) is 18.7. The Morgan fingerprint density at radius 3 is 2.53 bits per heavy atom. The van der Waals surface area contributed by atoms with Crippen LogP contribution in [0.25, 0.3) is 11.2 Å². The molecule has 0 aliphatic carbocycles. The molecule has 2 aromatic heterocycles. The summed E-state index contributed by atoms with van der Waals surface area (Å²) < 4.78 is 27.4. The Hall–Kier alpha value is -3.36. The summed E-state index contributed by atoms with van der Waals surface area (Å²) in [6, 6.07) is 7.59. The van der Waals surface area contributed by atoms with E-state index < -0.39 is 21.1 Å². The molecule has 0 spiro atoms. The number of sulfone groups is 1. The number of aromatic nitrogens is 4. The Bertz CT molecular complexity index is 1450. The van der Waals surface area contributed by atoms with Crippen LogP contribution >= 0.6 is 0 Å². The van der Waals surface area contributed by atoms with E-state index in [9.17, 15) is 18.0 Å². The van der Waals surface area contributed by atoms with Gasteiger partial charge in [0, 0.05) is 44.7 Å². The Morgan fingerprint density at radius 2 is 1.88 bits per heavy atom. The minimum Gasteiger partial charge on any atom is -0.384 e. The molecule has 1 aromatic carbocycles. The lowest BCUT2D eigenvalue weighted by atomic mass is 10.2. The molecule has 0 saturated heterocycles. The lowest BCUT2D eigenvalue weighted by Gasteiger charge is -2.11. The van der Waals surface area contributed by atoms with Gasteiger partial charge in [-0.3, -0.25) is 13.9 Å². The van der Waals surface area contributed by atoms with E-state index in [0.717, 1.165) is 35.2 Å². The predicted molar refractivity (Wildman–Crippen MR) is 124 cm³/mol. The summed E-state index contributed by atoms with van der Waals surface area (Å²) in [7, 11) is 3.08. The standard InChI is InChI=1S/C21H26N6O4S/c1-24(2)13-11-22-16-10-6-8-15(14-16)9-7-12-27-18-17(19(28)26(4)21(27)29)25(3)20(23-18)32(5,30)31/h6,8,10,14,22H,11-13H2,1-5H3. The van der Waals surface area contributed by atoms with Crippen LogP contribution in [0.3, 0.4) is 0 Å². The van der Waals surface area contributed by atoms with E-state index in [0.29, 0.717) is 0 Å². The molecule has 11 heteroatoms. The first-order valence-electron chi connectivity index (χ1n) is 9.84. The molecule has 0 atom stereocenters. The fourth-order valence-corrected chi connectivity index (χ4v) is 4.08. The van der Waals surface area contributed by atoms with Crippen molar-refractivity contribution in [3.8, 4) is 11.8 Å². The molecule has 10 nitrogen and oxygen atoms in total. The topological polar surface area (TPSA) is 111 Å². The number of hydrogen-bond donors (Lipinski definition) is 1. The number of nitrogens with one attached hydrogen (secondary N) is 1. The number of likely N-dealkylation sites (N-methyl/N-ethyl adjacent to an activating group) is 1. The molecule has 2 heterocycles. The van der Waals surface area contributed by atoms with Crippen LogP contribution in [-0.4, -0.2) is 65.4 Å². The Labute approximate surface area is 186 Å². The van der Waals surface area contributed by atoms with Crippen LogP contribution in [-0.2, 0) is 30.5 Å². The van der Waals surface area contributed by atoms with Crippen LogP contribution in [0.2, 0.25) is 0 Å². The predicted octanol–water partition coefficient (Wildman–Crippen LogP) is -0.138. The summed E-state index contributed by atoms with van der Waals surface area (Å²) in [4.78, 5) is 31.4. The fourth-order valence-electron chi connectivity index (χ4n) is 3.23. The number of anilines is 1. The highest BCUT2D eigenvalue weighted by Crippen LogP contribution is 2.14.